The molecule has 1 aromatic rings. The second kappa shape index (κ2) is 5.65. The van der Waals surface area contributed by atoms with Crippen molar-refractivity contribution in [2.24, 2.45) is 17.8 Å². The van der Waals surface area contributed by atoms with Crippen LogP contribution in [-0.4, -0.2) is 48.4 Å². The summed E-state index contributed by atoms with van der Waals surface area (Å²) in [5, 5.41) is 0. The van der Waals surface area contributed by atoms with Crippen LogP contribution in [0.3, 0.4) is 0 Å². The summed E-state index contributed by atoms with van der Waals surface area (Å²) in [7, 11) is 0. The molecule has 2 bridgehead atoms. The van der Waals surface area contributed by atoms with Gasteiger partial charge in [-0.2, -0.15) is 0 Å². The fourth-order valence-corrected chi connectivity index (χ4v) is 4.17. The van der Waals surface area contributed by atoms with E-state index in [0.29, 0.717) is 17.4 Å². The van der Waals surface area contributed by atoms with E-state index in [2.05, 4.69) is 4.90 Å². The molecule has 3 fully saturated rings. The van der Waals surface area contributed by atoms with Crippen LogP contribution < -0.4 is 0 Å². The number of carbonyl (C=O) groups is 1. The van der Waals surface area contributed by atoms with Gasteiger partial charge in [0.1, 0.15) is 5.82 Å². The van der Waals surface area contributed by atoms with Crippen LogP contribution in [0.4, 0.5) is 4.39 Å². The summed E-state index contributed by atoms with van der Waals surface area (Å²) in [6.45, 7) is 5.16. The molecule has 2 saturated heterocycles. The number of amides is 1. The highest BCUT2D eigenvalue weighted by molar-refractivity contribution is 5.94. The highest BCUT2D eigenvalue weighted by Gasteiger charge is 2.37. The maximum atomic E-state index is 13.3. The van der Waals surface area contributed by atoms with Gasteiger partial charge >= 0.3 is 0 Å². The van der Waals surface area contributed by atoms with Crippen molar-refractivity contribution in [1.82, 2.24) is 9.80 Å². The van der Waals surface area contributed by atoms with Gasteiger partial charge in [-0.1, -0.05) is 6.07 Å². The Labute approximate surface area is 131 Å². The molecule has 3 aliphatic rings. The summed E-state index contributed by atoms with van der Waals surface area (Å²) in [5.41, 5.74) is 0.481. The van der Waals surface area contributed by atoms with E-state index in [1.54, 1.807) is 12.1 Å². The lowest BCUT2D eigenvalue weighted by atomic mass is 9.84. The van der Waals surface area contributed by atoms with Gasteiger partial charge in [-0.3, -0.25) is 4.79 Å². The summed E-state index contributed by atoms with van der Waals surface area (Å²) >= 11 is 0. The quantitative estimate of drug-likeness (QED) is 0.857. The number of nitrogens with zero attached hydrogens (tertiary/aromatic N) is 2. The topological polar surface area (TPSA) is 23.6 Å². The van der Waals surface area contributed by atoms with E-state index in [0.717, 1.165) is 32.1 Å². The van der Waals surface area contributed by atoms with Gasteiger partial charge in [-0.25, -0.2) is 4.39 Å². The van der Waals surface area contributed by atoms with E-state index in [-0.39, 0.29) is 11.7 Å². The molecule has 2 heterocycles. The molecule has 1 amide bonds. The fraction of sp³-hybridized carbons (Fsp3) is 0.611. The number of fused-ring (bicyclic) bond motifs is 2. The second-order valence-electron chi connectivity index (χ2n) is 7.35. The molecule has 22 heavy (non-hydrogen) atoms. The monoisotopic (exact) mass is 302 g/mol. The van der Waals surface area contributed by atoms with Gasteiger partial charge < -0.3 is 9.80 Å². The number of rotatable bonds is 3. The molecule has 3 nitrogen and oxygen atoms in total. The van der Waals surface area contributed by atoms with Crippen molar-refractivity contribution < 1.29 is 9.18 Å². The third-order valence-corrected chi connectivity index (χ3v) is 5.23. The highest BCUT2D eigenvalue weighted by Crippen LogP contribution is 2.34. The summed E-state index contributed by atoms with van der Waals surface area (Å²) in [4.78, 5) is 17.2. The minimum Gasteiger partial charge on any atom is -0.338 e. The van der Waals surface area contributed by atoms with Gasteiger partial charge in [0.2, 0.25) is 0 Å². The molecule has 118 valence electrons. The summed E-state index contributed by atoms with van der Waals surface area (Å²) < 4.78 is 13.3. The highest BCUT2D eigenvalue weighted by atomic mass is 19.1. The molecule has 0 spiro atoms. The van der Waals surface area contributed by atoms with Crippen LogP contribution in [0.5, 0.6) is 0 Å². The number of hydrogen-bond donors (Lipinski definition) is 0. The van der Waals surface area contributed by atoms with Crippen molar-refractivity contribution in [3.63, 3.8) is 0 Å². The van der Waals surface area contributed by atoms with Gasteiger partial charge in [-0.05, 0) is 55.2 Å². The Kier molecular flexibility index (Phi) is 3.65. The van der Waals surface area contributed by atoms with Gasteiger partial charge in [0.05, 0.1) is 0 Å². The lowest BCUT2D eigenvalue weighted by molar-refractivity contribution is 0.0249. The van der Waals surface area contributed by atoms with Crippen LogP contribution in [0.15, 0.2) is 24.3 Å². The van der Waals surface area contributed by atoms with Crippen molar-refractivity contribution in [2.75, 3.05) is 32.7 Å². The Balaban J connectivity index is 1.42. The Morgan fingerprint density at radius 3 is 2.50 bits per heavy atom. The Hall–Kier alpha value is -1.42. The number of hydrogen-bond acceptors (Lipinski definition) is 2. The van der Waals surface area contributed by atoms with Crippen molar-refractivity contribution in [3.05, 3.63) is 35.6 Å². The number of piperidine rings is 2. The van der Waals surface area contributed by atoms with E-state index in [4.69, 9.17) is 0 Å². The van der Waals surface area contributed by atoms with Gasteiger partial charge in [0, 0.05) is 38.3 Å². The average Bonchev–Trinajstić information content (AvgIpc) is 3.29. The minimum absolute atomic E-state index is 0.00940. The average molecular weight is 302 g/mol. The third-order valence-electron chi connectivity index (χ3n) is 5.23. The van der Waals surface area contributed by atoms with E-state index in [9.17, 15) is 9.18 Å². The normalized spacial score (nSPS) is 28.7. The number of halogens is 1. The largest absolute Gasteiger partial charge is 0.338 e. The summed E-state index contributed by atoms with van der Waals surface area (Å²) in [6.07, 6.45) is 4.04. The van der Waals surface area contributed by atoms with Crippen molar-refractivity contribution in [1.29, 1.82) is 0 Å². The standard InChI is InChI=1S/C18H23FN2O/c19-17-3-1-2-16(7-17)18(22)21-11-14-6-15(12-21)10-20(9-14)8-13-4-5-13/h1-3,7,13-15H,4-6,8-12H2/t14-,15-/m0/s1. The fourth-order valence-electron chi connectivity index (χ4n) is 4.17. The van der Waals surface area contributed by atoms with E-state index >= 15 is 0 Å². The number of benzene rings is 1. The van der Waals surface area contributed by atoms with E-state index < -0.39 is 0 Å². The predicted octanol–water partition coefficient (Wildman–Crippen LogP) is 2.63. The second-order valence-corrected chi connectivity index (χ2v) is 7.35. The molecule has 0 aromatic heterocycles. The smallest absolute Gasteiger partial charge is 0.253 e. The van der Waals surface area contributed by atoms with Crippen LogP contribution in [0.1, 0.15) is 29.6 Å². The summed E-state index contributed by atoms with van der Waals surface area (Å²) in [5.74, 6) is 1.76. The number of likely N-dealkylation sites (tertiary alicyclic amines) is 2. The molecule has 0 unspecified atom stereocenters. The molecule has 0 N–H and O–H groups in total. The maximum absolute atomic E-state index is 13.3. The van der Waals surface area contributed by atoms with Gasteiger partial charge in [0.25, 0.3) is 5.91 Å². The molecule has 1 saturated carbocycles. The zero-order valence-electron chi connectivity index (χ0n) is 12.9. The molecule has 2 atom stereocenters. The minimum atomic E-state index is -0.335. The van der Waals surface area contributed by atoms with Crippen molar-refractivity contribution >= 4 is 5.91 Å². The zero-order chi connectivity index (χ0) is 15.1. The van der Waals surface area contributed by atoms with Crippen LogP contribution >= 0.6 is 0 Å². The SMILES string of the molecule is O=C(c1cccc(F)c1)N1C[C@H]2C[C@@H](CN(CC3CC3)C2)C1. The first-order chi connectivity index (χ1) is 10.7. The molecule has 4 rings (SSSR count). The molecular formula is C18H23FN2O. The van der Waals surface area contributed by atoms with Gasteiger partial charge in [0.15, 0.2) is 0 Å². The first-order valence-corrected chi connectivity index (χ1v) is 8.44. The Morgan fingerprint density at radius 1 is 1.14 bits per heavy atom. The van der Waals surface area contributed by atoms with Gasteiger partial charge in [-0.15, -0.1) is 0 Å². The van der Waals surface area contributed by atoms with Crippen molar-refractivity contribution in [2.45, 2.75) is 19.3 Å². The lowest BCUT2D eigenvalue weighted by Gasteiger charge is -2.46. The molecule has 2 aliphatic heterocycles. The molecule has 0 radical (unpaired) electrons. The zero-order valence-corrected chi connectivity index (χ0v) is 12.9. The van der Waals surface area contributed by atoms with Crippen LogP contribution in [-0.2, 0) is 0 Å². The Bertz CT molecular complexity index is 558. The van der Waals surface area contributed by atoms with E-state index in [1.807, 2.05) is 4.90 Å². The third kappa shape index (κ3) is 3.02. The molecule has 1 aliphatic carbocycles. The summed E-state index contributed by atoms with van der Waals surface area (Å²) in [6, 6.07) is 6.07. The lowest BCUT2D eigenvalue weighted by Crippen LogP contribution is -2.54. The molecule has 4 heteroatoms. The van der Waals surface area contributed by atoms with Crippen LogP contribution in [0.2, 0.25) is 0 Å². The predicted molar refractivity (Wildman–Crippen MR) is 83.1 cm³/mol. The molecular weight excluding hydrogens is 279 g/mol. The van der Waals surface area contributed by atoms with Crippen molar-refractivity contribution in [3.8, 4) is 0 Å². The first kappa shape index (κ1) is 14.2. The maximum Gasteiger partial charge on any atom is 0.253 e. The first-order valence-electron chi connectivity index (χ1n) is 8.44. The van der Waals surface area contributed by atoms with E-state index in [1.165, 1.54) is 37.9 Å². The molecule has 1 aromatic carbocycles. The Morgan fingerprint density at radius 2 is 1.86 bits per heavy atom. The number of carbonyl (C=O) groups excluding carboxylic acids is 1. The van der Waals surface area contributed by atoms with Crippen LogP contribution in [0, 0.1) is 23.6 Å². The van der Waals surface area contributed by atoms with Crippen LogP contribution in [0.25, 0.3) is 0 Å².